The minimum atomic E-state index is -2.80. The zero-order chi connectivity index (χ0) is 27.9. The first kappa shape index (κ1) is 27.2. The molecule has 40 heavy (non-hydrogen) atoms. The van der Waals surface area contributed by atoms with Gasteiger partial charge in [0.1, 0.15) is 6.10 Å². The largest absolute Gasteiger partial charge is 0.462 e. The van der Waals surface area contributed by atoms with Gasteiger partial charge in [-0.15, -0.1) is 11.3 Å². The molecule has 5 heteroatoms. The molecule has 1 aliphatic carbocycles. The van der Waals surface area contributed by atoms with Crippen molar-refractivity contribution in [2.24, 2.45) is 17.8 Å². The lowest BCUT2D eigenvalue weighted by Crippen LogP contribution is -2.66. The average molecular weight is 567 g/mol. The second-order valence-electron chi connectivity index (χ2n) is 12.5. The van der Waals surface area contributed by atoms with Crippen LogP contribution in [0.25, 0.3) is 10.1 Å². The van der Waals surface area contributed by atoms with Crippen LogP contribution in [-0.2, 0) is 14.0 Å². The number of esters is 1. The number of rotatable bonds is 7. The van der Waals surface area contributed by atoms with E-state index in [1.54, 1.807) is 0 Å². The fraction of sp³-hybridized carbons (Fsp3) is 0.343. The lowest BCUT2D eigenvalue weighted by atomic mass is 9.88. The second kappa shape index (κ2) is 10.8. The number of hydrogen-bond acceptors (Lipinski definition) is 4. The van der Waals surface area contributed by atoms with E-state index in [0.717, 1.165) is 6.42 Å². The van der Waals surface area contributed by atoms with Gasteiger partial charge in [0.15, 0.2) is 0 Å². The minimum Gasteiger partial charge on any atom is -0.462 e. The summed E-state index contributed by atoms with van der Waals surface area (Å²) in [5, 5.41) is 3.67. The molecule has 2 heterocycles. The molecule has 0 amide bonds. The lowest BCUT2D eigenvalue weighted by molar-refractivity contribution is -0.141. The number of hydrogen-bond donors (Lipinski definition) is 0. The number of carbonyl (C=O) groups excluding carboxylic acids is 1. The SMILES string of the molecule is C[C@@H]1C[C@@H]2OC(=O)C[C@@H]2[C@H]1/C=C/[C@@H](O[Si](c1ccccc1)(c1ccccc1)C(C)(C)C)c1cc2ccccc2s1. The number of thiophene rings is 1. The highest BCUT2D eigenvalue weighted by atomic mass is 32.1. The van der Waals surface area contributed by atoms with E-state index < -0.39 is 8.32 Å². The van der Waals surface area contributed by atoms with Gasteiger partial charge in [0.05, 0.1) is 12.5 Å². The number of carbonyl (C=O) groups is 1. The Kier molecular flexibility index (Phi) is 7.32. The maximum absolute atomic E-state index is 12.1. The zero-order valence-corrected chi connectivity index (χ0v) is 25.6. The predicted molar refractivity (Wildman–Crippen MR) is 168 cm³/mol. The number of allylic oxidation sites excluding steroid dienone is 1. The van der Waals surface area contributed by atoms with Gasteiger partial charge in [-0.25, -0.2) is 0 Å². The van der Waals surface area contributed by atoms with Gasteiger partial charge in [0, 0.05) is 15.5 Å². The van der Waals surface area contributed by atoms with Crippen molar-refractivity contribution in [2.45, 2.75) is 57.8 Å². The Morgan fingerprint density at radius 2 is 1.57 bits per heavy atom. The Balaban J connectivity index is 1.48. The molecule has 206 valence electrons. The monoisotopic (exact) mass is 566 g/mol. The van der Waals surface area contributed by atoms with Crippen molar-refractivity contribution in [2.75, 3.05) is 0 Å². The molecule has 1 aliphatic heterocycles. The zero-order valence-electron chi connectivity index (χ0n) is 23.7. The Labute approximate surface area is 243 Å². The molecule has 6 rings (SSSR count). The van der Waals surface area contributed by atoms with Crippen LogP contribution in [0.4, 0.5) is 0 Å². The summed E-state index contributed by atoms with van der Waals surface area (Å²) >= 11 is 1.82. The van der Waals surface area contributed by atoms with Crippen LogP contribution in [0.5, 0.6) is 0 Å². The standard InChI is InChI=1S/C35H38O3SSi/c1-24-21-31-29(23-34(36)37-31)28(24)19-20-30(33-22-25-13-11-12-18-32(25)39-33)38-40(35(2,3)4,26-14-7-5-8-15-26)27-16-9-6-10-17-27/h5-20,22,24,28-31H,21,23H2,1-4H3/b20-19+/t24-,28+,29-,30-,31+/m1/s1. The highest BCUT2D eigenvalue weighted by molar-refractivity contribution is 7.19. The molecule has 3 nitrogen and oxygen atoms in total. The van der Waals surface area contributed by atoms with Crippen LogP contribution in [-0.4, -0.2) is 20.4 Å². The van der Waals surface area contributed by atoms with Crippen molar-refractivity contribution < 1.29 is 14.0 Å². The Morgan fingerprint density at radius 3 is 2.20 bits per heavy atom. The molecule has 0 bridgehead atoms. The summed E-state index contributed by atoms with van der Waals surface area (Å²) < 4.78 is 14.6. The Morgan fingerprint density at radius 1 is 0.950 bits per heavy atom. The van der Waals surface area contributed by atoms with Crippen LogP contribution in [0, 0.1) is 17.8 Å². The quantitative estimate of drug-likeness (QED) is 0.131. The summed E-state index contributed by atoms with van der Waals surface area (Å²) in [4.78, 5) is 13.3. The first-order valence-electron chi connectivity index (χ1n) is 14.4. The van der Waals surface area contributed by atoms with E-state index in [0.29, 0.717) is 18.3 Å². The van der Waals surface area contributed by atoms with Gasteiger partial charge >= 0.3 is 5.97 Å². The van der Waals surface area contributed by atoms with E-state index >= 15 is 0 Å². The third kappa shape index (κ3) is 4.89. The highest BCUT2D eigenvalue weighted by Crippen LogP contribution is 2.47. The maximum atomic E-state index is 12.1. The molecule has 1 aromatic heterocycles. The van der Waals surface area contributed by atoms with E-state index in [4.69, 9.17) is 9.16 Å². The molecule has 1 saturated heterocycles. The van der Waals surface area contributed by atoms with Crippen LogP contribution in [0.1, 0.15) is 51.5 Å². The number of ether oxygens (including phenoxy) is 1. The fourth-order valence-corrected chi connectivity index (χ4v) is 12.7. The molecule has 0 spiro atoms. The van der Waals surface area contributed by atoms with Gasteiger partial charge in [0.25, 0.3) is 8.32 Å². The summed E-state index contributed by atoms with van der Waals surface area (Å²) in [7, 11) is -2.80. The highest BCUT2D eigenvalue weighted by Gasteiger charge is 2.52. The summed E-state index contributed by atoms with van der Waals surface area (Å²) in [6.07, 6.45) is 5.95. The maximum Gasteiger partial charge on any atom is 0.306 e. The minimum absolute atomic E-state index is 0.0510. The molecular weight excluding hydrogens is 529 g/mol. The molecule has 4 aromatic rings. The molecule has 3 aromatic carbocycles. The van der Waals surface area contributed by atoms with E-state index in [1.165, 1.54) is 25.3 Å². The summed E-state index contributed by atoms with van der Waals surface area (Å²) in [5.41, 5.74) is 0. The third-order valence-electron chi connectivity index (χ3n) is 8.87. The summed E-state index contributed by atoms with van der Waals surface area (Å²) in [5.74, 6) is 0.978. The van der Waals surface area contributed by atoms with Crippen LogP contribution in [0.3, 0.4) is 0 Å². The molecular formula is C35H38O3SSi. The third-order valence-corrected chi connectivity index (χ3v) is 15.1. The van der Waals surface area contributed by atoms with Crippen LogP contribution >= 0.6 is 11.3 Å². The molecule has 0 unspecified atom stereocenters. The van der Waals surface area contributed by atoms with Gasteiger partial charge in [-0.05, 0) is 51.2 Å². The molecule has 2 aliphatic rings. The molecule has 0 radical (unpaired) electrons. The van der Waals surface area contributed by atoms with Gasteiger partial charge in [-0.1, -0.05) is 119 Å². The normalized spacial score (nSPS) is 23.9. The van der Waals surface area contributed by atoms with E-state index in [-0.39, 0.29) is 29.1 Å². The van der Waals surface area contributed by atoms with Crippen LogP contribution in [0.2, 0.25) is 5.04 Å². The molecule has 0 N–H and O–H groups in total. The van der Waals surface area contributed by atoms with E-state index in [2.05, 4.69) is 131 Å². The molecule has 1 saturated carbocycles. The second-order valence-corrected chi connectivity index (χ2v) is 17.8. The van der Waals surface area contributed by atoms with Crippen LogP contribution in [0.15, 0.2) is 103 Å². The Hall–Kier alpha value is -2.99. The first-order valence-corrected chi connectivity index (χ1v) is 17.1. The average Bonchev–Trinajstić information content (AvgIpc) is 3.61. The number of benzene rings is 3. The van der Waals surface area contributed by atoms with Gasteiger partial charge in [-0.3, -0.25) is 4.79 Å². The van der Waals surface area contributed by atoms with Crippen molar-refractivity contribution in [3.05, 3.63) is 108 Å². The van der Waals surface area contributed by atoms with Crippen molar-refractivity contribution in [1.29, 1.82) is 0 Å². The van der Waals surface area contributed by atoms with Crippen molar-refractivity contribution in [3.63, 3.8) is 0 Å². The van der Waals surface area contributed by atoms with Crippen molar-refractivity contribution in [1.82, 2.24) is 0 Å². The van der Waals surface area contributed by atoms with Gasteiger partial charge in [0.2, 0.25) is 0 Å². The smallest absolute Gasteiger partial charge is 0.306 e. The summed E-state index contributed by atoms with van der Waals surface area (Å²) in [6, 6.07) is 32.6. The topological polar surface area (TPSA) is 35.5 Å². The predicted octanol–water partition coefficient (Wildman–Crippen LogP) is 7.66. The lowest BCUT2D eigenvalue weighted by Gasteiger charge is -2.44. The molecule has 2 fully saturated rings. The summed E-state index contributed by atoms with van der Waals surface area (Å²) in [6.45, 7) is 9.28. The fourth-order valence-electron chi connectivity index (χ4n) is 6.96. The van der Waals surface area contributed by atoms with E-state index in [1.807, 2.05) is 11.3 Å². The van der Waals surface area contributed by atoms with Gasteiger partial charge in [-0.2, -0.15) is 0 Å². The van der Waals surface area contributed by atoms with Gasteiger partial charge < -0.3 is 9.16 Å². The van der Waals surface area contributed by atoms with Crippen molar-refractivity contribution in [3.8, 4) is 0 Å². The van der Waals surface area contributed by atoms with Crippen molar-refractivity contribution >= 4 is 46.1 Å². The molecule has 5 atom stereocenters. The first-order chi connectivity index (χ1) is 19.3. The van der Waals surface area contributed by atoms with Crippen LogP contribution < -0.4 is 10.4 Å². The Bertz CT molecular complexity index is 1430. The number of fused-ring (bicyclic) bond motifs is 2. The van der Waals surface area contributed by atoms with E-state index in [9.17, 15) is 4.79 Å².